The van der Waals surface area contributed by atoms with Crippen LogP contribution in [-0.2, 0) is 32.0 Å². The smallest absolute Gasteiger partial charge is 0.413 e. The van der Waals surface area contributed by atoms with Gasteiger partial charge in [-0.05, 0) is 43.5 Å². The van der Waals surface area contributed by atoms with E-state index in [4.69, 9.17) is 14.2 Å². The quantitative estimate of drug-likeness (QED) is 0.323. The van der Waals surface area contributed by atoms with Crippen LogP contribution in [0.15, 0.2) is 72.9 Å². The Morgan fingerprint density at radius 3 is 2.19 bits per heavy atom. The molecule has 2 amide bonds. The zero-order valence-corrected chi connectivity index (χ0v) is 21.3. The standard InChI is InChI=1S/C28H31N3O6/c1-28(2,3)37-27(34)31-24-21(15-22(17-29-24)20-13-9-6-10-14-20)16-23(25(32)35-4)30-26(33)36-18-19-11-7-5-8-12-19/h5-15,17,23H,16,18H2,1-4H3,(H,30,33)(H,29,31,34). The van der Waals surface area contributed by atoms with Crippen molar-refractivity contribution >= 4 is 24.0 Å². The zero-order chi connectivity index (χ0) is 26.8. The molecule has 3 rings (SSSR count). The highest BCUT2D eigenvalue weighted by Crippen LogP contribution is 2.25. The van der Waals surface area contributed by atoms with E-state index in [2.05, 4.69) is 15.6 Å². The van der Waals surface area contributed by atoms with Crippen LogP contribution in [0.3, 0.4) is 0 Å². The number of esters is 1. The van der Waals surface area contributed by atoms with Gasteiger partial charge in [-0.1, -0.05) is 60.7 Å². The van der Waals surface area contributed by atoms with Crippen molar-refractivity contribution < 1.29 is 28.6 Å². The monoisotopic (exact) mass is 505 g/mol. The van der Waals surface area contributed by atoms with Crippen molar-refractivity contribution in [3.63, 3.8) is 0 Å². The van der Waals surface area contributed by atoms with Crippen molar-refractivity contribution in [3.05, 3.63) is 84.1 Å². The number of hydrogen-bond donors (Lipinski definition) is 2. The molecule has 2 N–H and O–H groups in total. The number of carbonyl (C=O) groups excluding carboxylic acids is 3. The molecule has 1 aromatic heterocycles. The van der Waals surface area contributed by atoms with Gasteiger partial charge in [-0.2, -0.15) is 0 Å². The first-order chi connectivity index (χ1) is 17.6. The van der Waals surface area contributed by atoms with Gasteiger partial charge >= 0.3 is 18.2 Å². The SMILES string of the molecule is COC(=O)C(Cc1cc(-c2ccccc2)cnc1NC(=O)OC(C)(C)C)NC(=O)OCc1ccccc1. The minimum absolute atomic E-state index is 0.0219. The summed E-state index contributed by atoms with van der Waals surface area (Å²) in [5.74, 6) is -0.479. The number of benzene rings is 2. The topological polar surface area (TPSA) is 116 Å². The molecule has 0 spiro atoms. The van der Waals surface area contributed by atoms with Crippen LogP contribution in [0.2, 0.25) is 0 Å². The third-order valence-corrected chi connectivity index (χ3v) is 5.11. The second kappa shape index (κ2) is 12.5. The number of hydrogen-bond acceptors (Lipinski definition) is 7. The van der Waals surface area contributed by atoms with Gasteiger partial charge in [-0.25, -0.2) is 19.4 Å². The van der Waals surface area contributed by atoms with E-state index < -0.39 is 29.8 Å². The van der Waals surface area contributed by atoms with E-state index in [-0.39, 0.29) is 18.8 Å². The second-order valence-corrected chi connectivity index (χ2v) is 9.21. The molecule has 1 atom stereocenters. The van der Waals surface area contributed by atoms with E-state index in [9.17, 15) is 14.4 Å². The van der Waals surface area contributed by atoms with Gasteiger partial charge < -0.3 is 19.5 Å². The molecule has 0 aliphatic carbocycles. The largest absolute Gasteiger partial charge is 0.467 e. The van der Waals surface area contributed by atoms with E-state index in [1.165, 1.54) is 7.11 Å². The Morgan fingerprint density at radius 1 is 0.919 bits per heavy atom. The minimum Gasteiger partial charge on any atom is -0.467 e. The van der Waals surface area contributed by atoms with E-state index in [0.29, 0.717) is 5.56 Å². The Labute approximate surface area is 216 Å². The van der Waals surface area contributed by atoms with Crippen molar-refractivity contribution in [1.29, 1.82) is 0 Å². The lowest BCUT2D eigenvalue weighted by atomic mass is 10.0. The van der Waals surface area contributed by atoms with E-state index in [0.717, 1.165) is 16.7 Å². The van der Waals surface area contributed by atoms with Gasteiger partial charge in [-0.3, -0.25) is 5.32 Å². The molecular weight excluding hydrogens is 474 g/mol. The summed E-state index contributed by atoms with van der Waals surface area (Å²) in [5.41, 5.74) is 2.24. The maximum atomic E-state index is 12.6. The third kappa shape index (κ3) is 8.64. The van der Waals surface area contributed by atoms with E-state index in [1.807, 2.05) is 60.7 Å². The van der Waals surface area contributed by atoms with Gasteiger partial charge in [0.05, 0.1) is 7.11 Å². The van der Waals surface area contributed by atoms with Crippen molar-refractivity contribution in [2.75, 3.05) is 12.4 Å². The lowest BCUT2D eigenvalue weighted by molar-refractivity contribution is -0.143. The number of carbonyl (C=O) groups is 3. The molecular formula is C28H31N3O6. The third-order valence-electron chi connectivity index (χ3n) is 5.11. The highest BCUT2D eigenvalue weighted by molar-refractivity contribution is 5.86. The fourth-order valence-corrected chi connectivity index (χ4v) is 3.43. The molecule has 1 unspecified atom stereocenters. The Hall–Kier alpha value is -4.40. The highest BCUT2D eigenvalue weighted by atomic mass is 16.6. The fourth-order valence-electron chi connectivity index (χ4n) is 3.43. The summed E-state index contributed by atoms with van der Waals surface area (Å²) < 4.78 is 15.5. The molecule has 0 radical (unpaired) electrons. The summed E-state index contributed by atoms with van der Waals surface area (Å²) >= 11 is 0. The normalized spacial score (nSPS) is 11.7. The predicted molar refractivity (Wildman–Crippen MR) is 139 cm³/mol. The average molecular weight is 506 g/mol. The number of rotatable bonds is 8. The molecule has 9 heteroatoms. The van der Waals surface area contributed by atoms with Gasteiger partial charge in [0.2, 0.25) is 0 Å². The van der Waals surface area contributed by atoms with Crippen LogP contribution in [0, 0.1) is 0 Å². The molecule has 0 aliphatic heterocycles. The van der Waals surface area contributed by atoms with Gasteiger partial charge in [0.15, 0.2) is 0 Å². The summed E-state index contributed by atoms with van der Waals surface area (Å²) in [6.07, 6.45) is 0.109. The summed E-state index contributed by atoms with van der Waals surface area (Å²) in [5, 5.41) is 5.20. The highest BCUT2D eigenvalue weighted by Gasteiger charge is 2.26. The second-order valence-electron chi connectivity index (χ2n) is 9.21. The fraction of sp³-hybridized carbons (Fsp3) is 0.286. The average Bonchev–Trinajstić information content (AvgIpc) is 2.87. The first-order valence-corrected chi connectivity index (χ1v) is 11.7. The number of nitrogens with one attached hydrogen (secondary N) is 2. The van der Waals surface area contributed by atoms with Crippen LogP contribution in [0.1, 0.15) is 31.9 Å². The number of anilines is 1. The number of ether oxygens (including phenoxy) is 3. The van der Waals surface area contributed by atoms with Crippen LogP contribution in [0.4, 0.5) is 15.4 Å². The van der Waals surface area contributed by atoms with Gasteiger partial charge in [0, 0.05) is 18.2 Å². The first-order valence-electron chi connectivity index (χ1n) is 11.7. The van der Waals surface area contributed by atoms with Crippen LogP contribution in [-0.4, -0.2) is 41.9 Å². The number of alkyl carbamates (subject to hydrolysis) is 1. The molecule has 37 heavy (non-hydrogen) atoms. The zero-order valence-electron chi connectivity index (χ0n) is 21.3. The molecule has 0 saturated carbocycles. The molecule has 194 valence electrons. The molecule has 3 aromatic rings. The van der Waals surface area contributed by atoms with Crippen LogP contribution >= 0.6 is 0 Å². The molecule has 1 heterocycles. The van der Waals surface area contributed by atoms with Crippen molar-refractivity contribution in [2.24, 2.45) is 0 Å². The number of methoxy groups -OCH3 is 1. The predicted octanol–water partition coefficient (Wildman–Crippen LogP) is 5.11. The van der Waals surface area contributed by atoms with Crippen LogP contribution < -0.4 is 10.6 Å². The van der Waals surface area contributed by atoms with E-state index >= 15 is 0 Å². The van der Waals surface area contributed by atoms with Crippen LogP contribution in [0.25, 0.3) is 11.1 Å². The number of pyridine rings is 1. The van der Waals surface area contributed by atoms with Gasteiger partial charge in [0.25, 0.3) is 0 Å². The molecule has 9 nitrogen and oxygen atoms in total. The summed E-state index contributed by atoms with van der Waals surface area (Å²) in [7, 11) is 1.23. The molecule has 0 fully saturated rings. The molecule has 2 aromatic carbocycles. The molecule has 0 saturated heterocycles. The van der Waals surface area contributed by atoms with Crippen molar-refractivity contribution in [3.8, 4) is 11.1 Å². The van der Waals surface area contributed by atoms with Gasteiger partial charge in [-0.15, -0.1) is 0 Å². The number of amides is 2. The summed E-state index contributed by atoms with van der Waals surface area (Å²) in [6, 6.07) is 19.4. The minimum atomic E-state index is -1.10. The Bertz CT molecular complexity index is 1210. The Kier molecular flexibility index (Phi) is 9.21. The van der Waals surface area contributed by atoms with Crippen molar-refractivity contribution in [2.45, 2.75) is 45.4 Å². The molecule has 0 aliphatic rings. The van der Waals surface area contributed by atoms with Crippen molar-refractivity contribution in [1.82, 2.24) is 10.3 Å². The number of aromatic nitrogens is 1. The van der Waals surface area contributed by atoms with Gasteiger partial charge in [0.1, 0.15) is 24.1 Å². The number of nitrogens with zero attached hydrogens (tertiary/aromatic N) is 1. The Balaban J connectivity index is 1.84. The summed E-state index contributed by atoms with van der Waals surface area (Å²) in [6.45, 7) is 5.28. The lowest BCUT2D eigenvalue weighted by Gasteiger charge is -2.21. The lowest BCUT2D eigenvalue weighted by Crippen LogP contribution is -2.43. The first kappa shape index (κ1) is 27.2. The Morgan fingerprint density at radius 2 is 1.57 bits per heavy atom. The van der Waals surface area contributed by atoms with E-state index in [1.54, 1.807) is 33.0 Å². The maximum absolute atomic E-state index is 12.6. The van der Waals surface area contributed by atoms with Crippen LogP contribution in [0.5, 0.6) is 0 Å². The molecule has 0 bridgehead atoms. The maximum Gasteiger partial charge on any atom is 0.413 e. The summed E-state index contributed by atoms with van der Waals surface area (Å²) in [4.78, 5) is 41.9.